The van der Waals surface area contributed by atoms with Crippen LogP contribution in [0.15, 0.2) is 18.2 Å². The summed E-state index contributed by atoms with van der Waals surface area (Å²) < 4.78 is 14.6. The molecule has 2 rings (SSSR count). The van der Waals surface area contributed by atoms with Crippen molar-refractivity contribution in [2.75, 3.05) is 0 Å². The lowest BCUT2D eigenvalue weighted by atomic mass is 9.95. The molecule has 1 fully saturated rings. The van der Waals surface area contributed by atoms with E-state index in [-0.39, 0.29) is 5.82 Å². The zero-order valence-corrected chi connectivity index (χ0v) is 11.5. The summed E-state index contributed by atoms with van der Waals surface area (Å²) >= 11 is 2.22. The van der Waals surface area contributed by atoms with Crippen LogP contribution in [0.3, 0.4) is 0 Å². The molecular weight excluding hydrogens is 316 g/mol. The van der Waals surface area contributed by atoms with Gasteiger partial charge in [-0.2, -0.15) is 0 Å². The zero-order chi connectivity index (χ0) is 11.4. The molecule has 88 valence electrons. The molecule has 16 heavy (non-hydrogen) atoms. The minimum absolute atomic E-state index is 0.0938. The molecule has 1 aromatic carbocycles. The molecule has 0 radical (unpaired) electrons. The van der Waals surface area contributed by atoms with E-state index in [1.54, 1.807) is 12.1 Å². The molecule has 1 nitrogen and oxygen atoms in total. The van der Waals surface area contributed by atoms with Gasteiger partial charge in [-0.05, 0) is 53.6 Å². The van der Waals surface area contributed by atoms with Crippen LogP contribution in [-0.2, 0) is 6.54 Å². The second kappa shape index (κ2) is 5.96. The van der Waals surface area contributed by atoms with Crippen molar-refractivity contribution in [1.29, 1.82) is 0 Å². The monoisotopic (exact) mass is 333 g/mol. The van der Waals surface area contributed by atoms with Gasteiger partial charge in [-0.25, -0.2) is 4.39 Å². The number of hydrogen-bond acceptors (Lipinski definition) is 1. The molecule has 0 unspecified atom stereocenters. The first-order chi connectivity index (χ1) is 7.75. The average molecular weight is 333 g/mol. The van der Waals surface area contributed by atoms with E-state index in [1.165, 1.54) is 32.1 Å². The molecular formula is C13H17FIN. The largest absolute Gasteiger partial charge is 0.310 e. The van der Waals surface area contributed by atoms with Gasteiger partial charge >= 0.3 is 0 Å². The van der Waals surface area contributed by atoms with E-state index in [2.05, 4.69) is 27.9 Å². The van der Waals surface area contributed by atoms with Crippen LogP contribution in [0.2, 0.25) is 0 Å². The molecule has 3 heteroatoms. The molecule has 0 heterocycles. The molecule has 0 aromatic heterocycles. The molecule has 0 spiro atoms. The second-order valence-electron chi connectivity index (χ2n) is 4.45. The van der Waals surface area contributed by atoms with Crippen molar-refractivity contribution in [3.8, 4) is 0 Å². The molecule has 1 saturated carbocycles. The fraction of sp³-hybridized carbons (Fsp3) is 0.538. The van der Waals surface area contributed by atoms with Crippen molar-refractivity contribution in [3.63, 3.8) is 0 Å². The SMILES string of the molecule is Fc1ccc(I)cc1CNC1CCCCC1. The Hall–Kier alpha value is -0.160. The predicted molar refractivity (Wildman–Crippen MR) is 72.8 cm³/mol. The zero-order valence-electron chi connectivity index (χ0n) is 9.31. The first kappa shape index (κ1) is 12.3. The third-order valence-corrected chi connectivity index (χ3v) is 3.87. The number of halogens is 2. The Morgan fingerprint density at radius 1 is 1.25 bits per heavy atom. The topological polar surface area (TPSA) is 12.0 Å². The highest BCUT2D eigenvalue weighted by atomic mass is 127. The Labute approximate surface area is 110 Å². The molecule has 1 N–H and O–H groups in total. The van der Waals surface area contributed by atoms with Gasteiger partial charge in [0.1, 0.15) is 5.82 Å². The van der Waals surface area contributed by atoms with Gasteiger partial charge < -0.3 is 5.32 Å². The quantitative estimate of drug-likeness (QED) is 0.829. The molecule has 0 atom stereocenters. The van der Waals surface area contributed by atoms with Gasteiger partial charge in [0.15, 0.2) is 0 Å². The summed E-state index contributed by atoms with van der Waals surface area (Å²) in [7, 11) is 0. The van der Waals surface area contributed by atoms with Crippen molar-refractivity contribution in [3.05, 3.63) is 33.1 Å². The van der Waals surface area contributed by atoms with Crippen LogP contribution >= 0.6 is 22.6 Å². The van der Waals surface area contributed by atoms with E-state index in [4.69, 9.17) is 0 Å². The van der Waals surface area contributed by atoms with Crippen molar-refractivity contribution in [1.82, 2.24) is 5.32 Å². The molecule has 1 aromatic rings. The van der Waals surface area contributed by atoms with Crippen molar-refractivity contribution < 1.29 is 4.39 Å². The molecule has 0 amide bonds. The minimum Gasteiger partial charge on any atom is -0.310 e. The third kappa shape index (κ3) is 3.42. The number of nitrogens with one attached hydrogen (secondary N) is 1. The van der Waals surface area contributed by atoms with Crippen LogP contribution in [0, 0.1) is 9.39 Å². The first-order valence-electron chi connectivity index (χ1n) is 5.93. The standard InChI is InChI=1S/C13H17FIN/c14-13-7-6-11(15)8-10(13)9-16-12-4-2-1-3-5-12/h6-8,12,16H,1-5,9H2. The fourth-order valence-corrected chi connectivity index (χ4v) is 2.80. The minimum atomic E-state index is -0.0938. The van der Waals surface area contributed by atoms with Gasteiger partial charge in [-0.15, -0.1) is 0 Å². The van der Waals surface area contributed by atoms with Crippen molar-refractivity contribution in [2.24, 2.45) is 0 Å². The molecule has 1 aliphatic carbocycles. The molecule has 0 bridgehead atoms. The Kier molecular flexibility index (Phi) is 4.58. The summed E-state index contributed by atoms with van der Waals surface area (Å²) in [6, 6.07) is 5.87. The van der Waals surface area contributed by atoms with E-state index in [1.807, 2.05) is 6.07 Å². The summed E-state index contributed by atoms with van der Waals surface area (Å²) in [4.78, 5) is 0. The lowest BCUT2D eigenvalue weighted by Crippen LogP contribution is -2.30. The fourth-order valence-electron chi connectivity index (χ4n) is 2.24. The Bertz CT molecular complexity index is 348. The third-order valence-electron chi connectivity index (χ3n) is 3.19. The maximum absolute atomic E-state index is 13.5. The highest BCUT2D eigenvalue weighted by Crippen LogP contribution is 2.18. The summed E-state index contributed by atoms with van der Waals surface area (Å²) in [5, 5.41) is 3.46. The van der Waals surface area contributed by atoms with E-state index in [9.17, 15) is 4.39 Å². The van der Waals surface area contributed by atoms with Gasteiger partial charge in [0, 0.05) is 21.7 Å². The van der Waals surface area contributed by atoms with E-state index in [0.717, 1.165) is 9.13 Å². The van der Waals surface area contributed by atoms with Crippen LogP contribution in [0.4, 0.5) is 4.39 Å². The second-order valence-corrected chi connectivity index (χ2v) is 5.70. The average Bonchev–Trinajstić information content (AvgIpc) is 2.32. The van der Waals surface area contributed by atoms with E-state index < -0.39 is 0 Å². The predicted octanol–water partition coefficient (Wildman–Crippen LogP) is 3.85. The highest BCUT2D eigenvalue weighted by Gasteiger charge is 2.13. The van der Waals surface area contributed by atoms with Crippen molar-refractivity contribution >= 4 is 22.6 Å². The van der Waals surface area contributed by atoms with Gasteiger partial charge in [0.2, 0.25) is 0 Å². The molecule has 0 aliphatic heterocycles. The van der Waals surface area contributed by atoms with Gasteiger partial charge in [-0.3, -0.25) is 0 Å². The summed E-state index contributed by atoms with van der Waals surface area (Å²) in [6.45, 7) is 0.660. The first-order valence-corrected chi connectivity index (χ1v) is 7.01. The lowest BCUT2D eigenvalue weighted by Gasteiger charge is -2.23. The Morgan fingerprint density at radius 2 is 2.00 bits per heavy atom. The Balaban J connectivity index is 1.90. The highest BCUT2D eigenvalue weighted by molar-refractivity contribution is 14.1. The maximum atomic E-state index is 13.5. The molecule has 0 saturated heterocycles. The van der Waals surface area contributed by atoms with Crippen LogP contribution in [0.1, 0.15) is 37.7 Å². The van der Waals surface area contributed by atoms with Crippen LogP contribution in [0.5, 0.6) is 0 Å². The summed E-state index contributed by atoms with van der Waals surface area (Å²) in [5.41, 5.74) is 0.789. The smallest absolute Gasteiger partial charge is 0.127 e. The maximum Gasteiger partial charge on any atom is 0.127 e. The van der Waals surface area contributed by atoms with Gasteiger partial charge in [0.05, 0.1) is 0 Å². The van der Waals surface area contributed by atoms with Gasteiger partial charge in [0.25, 0.3) is 0 Å². The Morgan fingerprint density at radius 3 is 2.75 bits per heavy atom. The van der Waals surface area contributed by atoms with Crippen LogP contribution in [0.25, 0.3) is 0 Å². The number of hydrogen-bond donors (Lipinski definition) is 1. The normalized spacial score (nSPS) is 17.6. The van der Waals surface area contributed by atoms with Gasteiger partial charge in [-0.1, -0.05) is 19.3 Å². The number of benzene rings is 1. The van der Waals surface area contributed by atoms with E-state index in [0.29, 0.717) is 12.6 Å². The van der Waals surface area contributed by atoms with Crippen LogP contribution < -0.4 is 5.32 Å². The summed E-state index contributed by atoms with van der Waals surface area (Å²) in [6.07, 6.45) is 6.46. The lowest BCUT2D eigenvalue weighted by molar-refractivity contribution is 0.370. The molecule has 1 aliphatic rings. The summed E-state index contributed by atoms with van der Waals surface area (Å²) in [5.74, 6) is -0.0938. The van der Waals surface area contributed by atoms with Crippen LogP contribution in [-0.4, -0.2) is 6.04 Å². The number of rotatable bonds is 3. The van der Waals surface area contributed by atoms with E-state index >= 15 is 0 Å². The van der Waals surface area contributed by atoms with Crippen molar-refractivity contribution in [2.45, 2.75) is 44.7 Å².